The van der Waals surface area contributed by atoms with Crippen molar-refractivity contribution in [3.63, 3.8) is 0 Å². The van der Waals surface area contributed by atoms with Gasteiger partial charge >= 0.3 is 0 Å². The molecule has 0 aliphatic heterocycles. The quantitative estimate of drug-likeness (QED) is 0.119. The molecule has 0 heterocycles. The van der Waals surface area contributed by atoms with Gasteiger partial charge in [0.15, 0.2) is 0 Å². The highest BCUT2D eigenvalue weighted by molar-refractivity contribution is 8.00. The largest absolute Gasteiger partial charge is 0.378 e. The third-order valence-corrected chi connectivity index (χ3v) is 14.5. The maximum atomic E-state index is 6.54. The number of rotatable bonds is 17. The number of ether oxygens (including phenoxy) is 1. The predicted molar refractivity (Wildman–Crippen MR) is 192 cm³/mol. The summed E-state index contributed by atoms with van der Waals surface area (Å²) in [6, 6.07) is 0. The van der Waals surface area contributed by atoms with Crippen LogP contribution in [0.15, 0.2) is 11.6 Å². The zero-order valence-electron chi connectivity index (χ0n) is 30.3. The standard InChI is InChI=1S/C41H74OS/c1-31(2)18-17-19-32(3)36-22-23-37-35-21-20-33-30-34(24-26-40(33,7)38(35)25-27-41(36,37)8)42-28-15-13-11-9-10-12-14-16-29-43-39(4,5)6/h20,31-32,34-38H,9-19,21-30H2,1-8H3/t32?,34-,35?,36?,37?,38?,40?,41?/m0/s1. The highest BCUT2D eigenvalue weighted by Gasteiger charge is 2.59. The molecular formula is C41H74OS. The number of thioether (sulfide) groups is 1. The highest BCUT2D eigenvalue weighted by atomic mass is 32.2. The van der Waals surface area contributed by atoms with Gasteiger partial charge in [0.2, 0.25) is 0 Å². The predicted octanol–water partition coefficient (Wildman–Crippen LogP) is 13.1. The smallest absolute Gasteiger partial charge is 0.0612 e. The average Bonchev–Trinajstić information content (AvgIpc) is 3.30. The van der Waals surface area contributed by atoms with Gasteiger partial charge in [-0.15, -0.1) is 0 Å². The third kappa shape index (κ3) is 9.55. The number of unbranched alkanes of at least 4 members (excludes halogenated alkanes) is 7. The Bertz CT molecular complexity index is 854. The summed E-state index contributed by atoms with van der Waals surface area (Å²) in [4.78, 5) is 0. The topological polar surface area (TPSA) is 9.23 Å². The lowest BCUT2D eigenvalue weighted by atomic mass is 9.47. The zero-order valence-corrected chi connectivity index (χ0v) is 31.1. The van der Waals surface area contributed by atoms with E-state index in [-0.39, 0.29) is 0 Å². The van der Waals surface area contributed by atoms with Crippen molar-refractivity contribution in [2.45, 2.75) is 188 Å². The fourth-order valence-corrected chi connectivity index (χ4v) is 11.6. The minimum Gasteiger partial charge on any atom is -0.378 e. The van der Waals surface area contributed by atoms with Crippen molar-refractivity contribution in [2.24, 2.45) is 46.3 Å². The molecule has 0 aromatic rings. The van der Waals surface area contributed by atoms with Crippen LogP contribution in [-0.4, -0.2) is 23.2 Å². The second-order valence-corrected chi connectivity index (χ2v) is 19.7. The molecule has 0 aromatic carbocycles. The van der Waals surface area contributed by atoms with Gasteiger partial charge in [0, 0.05) is 11.4 Å². The summed E-state index contributed by atoms with van der Waals surface area (Å²) in [5.41, 5.74) is 2.86. The molecule has 3 fully saturated rings. The highest BCUT2D eigenvalue weighted by Crippen LogP contribution is 2.67. The Balaban J connectivity index is 1.15. The van der Waals surface area contributed by atoms with E-state index in [9.17, 15) is 0 Å². The van der Waals surface area contributed by atoms with E-state index in [1.807, 2.05) is 0 Å². The maximum Gasteiger partial charge on any atom is 0.0612 e. The van der Waals surface area contributed by atoms with Crippen molar-refractivity contribution in [2.75, 3.05) is 12.4 Å². The lowest BCUT2D eigenvalue weighted by Gasteiger charge is -2.58. The molecule has 43 heavy (non-hydrogen) atoms. The fraction of sp³-hybridized carbons (Fsp3) is 0.951. The third-order valence-electron chi connectivity index (χ3n) is 13.2. The second-order valence-electron chi connectivity index (χ2n) is 17.8. The molecule has 8 atom stereocenters. The van der Waals surface area contributed by atoms with Crippen molar-refractivity contribution >= 4 is 11.8 Å². The van der Waals surface area contributed by atoms with Crippen LogP contribution in [0.3, 0.4) is 0 Å². The molecule has 2 heteroatoms. The molecule has 0 amide bonds. The van der Waals surface area contributed by atoms with Gasteiger partial charge in [-0.2, -0.15) is 11.8 Å². The first-order valence-electron chi connectivity index (χ1n) is 19.4. The van der Waals surface area contributed by atoms with Crippen molar-refractivity contribution in [1.29, 1.82) is 0 Å². The Morgan fingerprint density at radius 1 is 0.814 bits per heavy atom. The molecule has 1 nitrogen and oxygen atoms in total. The Hall–Kier alpha value is 0.0500. The Morgan fingerprint density at radius 2 is 1.51 bits per heavy atom. The van der Waals surface area contributed by atoms with Gasteiger partial charge < -0.3 is 4.74 Å². The molecule has 0 radical (unpaired) electrons. The van der Waals surface area contributed by atoms with Crippen LogP contribution in [0.4, 0.5) is 0 Å². The van der Waals surface area contributed by atoms with Crippen molar-refractivity contribution in [3.05, 3.63) is 11.6 Å². The normalized spacial score (nSPS) is 34.9. The summed E-state index contributed by atoms with van der Waals surface area (Å²) in [5.74, 6) is 6.92. The first-order valence-corrected chi connectivity index (χ1v) is 20.4. The van der Waals surface area contributed by atoms with Crippen LogP contribution in [0.5, 0.6) is 0 Å². The van der Waals surface area contributed by atoms with Gasteiger partial charge in [-0.25, -0.2) is 0 Å². The van der Waals surface area contributed by atoms with Crippen LogP contribution in [0, 0.1) is 46.3 Å². The molecule has 4 aliphatic carbocycles. The minimum atomic E-state index is 0.429. The number of hydrogen-bond donors (Lipinski definition) is 0. The molecule has 250 valence electrons. The van der Waals surface area contributed by atoms with Gasteiger partial charge in [0.1, 0.15) is 0 Å². The SMILES string of the molecule is CC(C)CCCC(C)C1CCC2C3CC=C4C[C@@H](OCCCCCCCCCCSC(C)(C)C)CCC4(C)C3CCC12C. The summed E-state index contributed by atoms with van der Waals surface area (Å²) in [5, 5.41) is 0. The second kappa shape index (κ2) is 16.2. The average molecular weight is 615 g/mol. The van der Waals surface area contributed by atoms with E-state index in [0.717, 1.165) is 42.1 Å². The first kappa shape index (κ1) is 35.9. The molecule has 4 aliphatic rings. The van der Waals surface area contributed by atoms with Crippen molar-refractivity contribution < 1.29 is 4.74 Å². The number of hydrogen-bond acceptors (Lipinski definition) is 2. The molecule has 4 rings (SSSR count). The summed E-state index contributed by atoms with van der Waals surface area (Å²) >= 11 is 2.12. The van der Waals surface area contributed by atoms with E-state index >= 15 is 0 Å². The van der Waals surface area contributed by atoms with E-state index in [2.05, 4.69) is 73.2 Å². The molecule has 0 N–H and O–H groups in total. The number of allylic oxidation sites excluding steroid dienone is 1. The summed E-state index contributed by atoms with van der Waals surface area (Å²) in [6.07, 6.45) is 29.9. The molecular weight excluding hydrogens is 541 g/mol. The van der Waals surface area contributed by atoms with Crippen LogP contribution < -0.4 is 0 Å². The van der Waals surface area contributed by atoms with Gasteiger partial charge in [-0.05, 0) is 116 Å². The Kier molecular flexibility index (Phi) is 13.6. The van der Waals surface area contributed by atoms with E-state index in [1.165, 1.54) is 128 Å². The summed E-state index contributed by atoms with van der Waals surface area (Å²) in [7, 11) is 0. The lowest BCUT2D eigenvalue weighted by Crippen LogP contribution is -2.51. The van der Waals surface area contributed by atoms with Gasteiger partial charge in [0.25, 0.3) is 0 Å². The van der Waals surface area contributed by atoms with E-state index in [1.54, 1.807) is 5.57 Å². The molecule has 0 saturated heterocycles. The Morgan fingerprint density at radius 3 is 2.21 bits per heavy atom. The molecule has 7 unspecified atom stereocenters. The lowest BCUT2D eigenvalue weighted by molar-refractivity contribution is -0.0641. The van der Waals surface area contributed by atoms with Gasteiger partial charge in [-0.3, -0.25) is 0 Å². The summed E-state index contributed by atoms with van der Waals surface area (Å²) in [6.45, 7) is 20.8. The maximum absolute atomic E-state index is 6.54. The zero-order chi connectivity index (χ0) is 31.1. The van der Waals surface area contributed by atoms with Gasteiger partial charge in [0.05, 0.1) is 6.10 Å². The van der Waals surface area contributed by atoms with E-state index in [4.69, 9.17) is 4.74 Å². The minimum absolute atomic E-state index is 0.429. The molecule has 3 saturated carbocycles. The summed E-state index contributed by atoms with van der Waals surface area (Å²) < 4.78 is 6.97. The van der Waals surface area contributed by atoms with Crippen LogP contribution in [0.2, 0.25) is 0 Å². The Labute approximate surface area is 274 Å². The molecule has 0 aromatic heterocycles. The van der Waals surface area contributed by atoms with E-state index in [0.29, 0.717) is 21.7 Å². The number of fused-ring (bicyclic) bond motifs is 5. The monoisotopic (exact) mass is 615 g/mol. The van der Waals surface area contributed by atoms with Crippen LogP contribution in [0.25, 0.3) is 0 Å². The van der Waals surface area contributed by atoms with Gasteiger partial charge in [-0.1, -0.05) is 125 Å². The van der Waals surface area contributed by atoms with Crippen LogP contribution in [-0.2, 0) is 4.74 Å². The van der Waals surface area contributed by atoms with Crippen molar-refractivity contribution in [1.82, 2.24) is 0 Å². The van der Waals surface area contributed by atoms with Crippen molar-refractivity contribution in [3.8, 4) is 0 Å². The van der Waals surface area contributed by atoms with E-state index < -0.39 is 0 Å². The molecule has 0 spiro atoms. The fourth-order valence-electron chi connectivity index (χ4n) is 10.7. The molecule has 0 bridgehead atoms. The van der Waals surface area contributed by atoms with Crippen LogP contribution in [0.1, 0.15) is 177 Å². The van der Waals surface area contributed by atoms with Crippen LogP contribution >= 0.6 is 11.8 Å². The first-order chi connectivity index (χ1) is 20.4.